The van der Waals surface area contributed by atoms with Crippen molar-refractivity contribution >= 4 is 12.6 Å². The number of hydrogen-bond acceptors (Lipinski definition) is 3. The number of benzene rings is 1. The maximum absolute atomic E-state index is 13.9. The van der Waals surface area contributed by atoms with Crippen LogP contribution in [0.2, 0.25) is 0 Å². The molecule has 0 aliphatic carbocycles. The zero-order valence-corrected chi connectivity index (χ0v) is 11.5. The summed E-state index contributed by atoms with van der Waals surface area (Å²) in [6, 6.07) is 4.42. The Balaban J connectivity index is 2.00. The number of hydrogen-bond donors (Lipinski definition) is 2. The van der Waals surface area contributed by atoms with Crippen molar-refractivity contribution in [1.29, 1.82) is 0 Å². The normalized spacial score (nSPS) is 20.2. The van der Waals surface area contributed by atoms with Crippen LogP contribution in [0.4, 0.5) is 4.39 Å². The van der Waals surface area contributed by atoms with E-state index in [0.29, 0.717) is 23.9 Å². The van der Waals surface area contributed by atoms with Crippen LogP contribution in [0.5, 0.6) is 0 Å². The Morgan fingerprint density at radius 1 is 1.42 bits per heavy atom. The van der Waals surface area contributed by atoms with Gasteiger partial charge in [0.1, 0.15) is 5.82 Å². The molecule has 1 aliphatic rings. The molecule has 0 bridgehead atoms. The van der Waals surface area contributed by atoms with Crippen LogP contribution >= 0.6 is 0 Å². The lowest BCUT2D eigenvalue weighted by Gasteiger charge is -2.18. The van der Waals surface area contributed by atoms with Crippen molar-refractivity contribution in [3.8, 4) is 0 Å². The second kappa shape index (κ2) is 6.03. The quantitative estimate of drug-likeness (QED) is 0.798. The minimum atomic E-state index is -1.61. The predicted molar refractivity (Wildman–Crippen MR) is 74.4 cm³/mol. The molecule has 1 unspecified atom stereocenters. The van der Waals surface area contributed by atoms with Gasteiger partial charge in [-0.15, -0.1) is 0 Å². The standard InChI is InChI=1S/C14H21BFNO2/c1-10(2)11-5-6-17(8-11)9-12-3-4-13(15(18)19)7-14(12)16/h3-4,7,10-11,18-19H,5-6,8-9H2,1-2H3. The molecule has 0 aromatic heterocycles. The lowest BCUT2D eigenvalue weighted by molar-refractivity contribution is 0.293. The van der Waals surface area contributed by atoms with Crippen molar-refractivity contribution in [2.24, 2.45) is 11.8 Å². The second-order valence-electron chi connectivity index (χ2n) is 5.75. The Hall–Kier alpha value is -0.905. The smallest absolute Gasteiger partial charge is 0.423 e. The molecule has 104 valence electrons. The van der Waals surface area contributed by atoms with Crippen LogP contribution in [0.1, 0.15) is 25.8 Å². The van der Waals surface area contributed by atoms with Gasteiger partial charge in [-0.1, -0.05) is 26.0 Å². The van der Waals surface area contributed by atoms with Crippen molar-refractivity contribution in [2.75, 3.05) is 13.1 Å². The molecule has 19 heavy (non-hydrogen) atoms. The maximum atomic E-state index is 13.9. The Morgan fingerprint density at radius 2 is 2.16 bits per heavy atom. The molecule has 0 amide bonds. The van der Waals surface area contributed by atoms with Crippen LogP contribution in [0, 0.1) is 17.7 Å². The van der Waals surface area contributed by atoms with E-state index in [9.17, 15) is 4.39 Å². The van der Waals surface area contributed by atoms with E-state index >= 15 is 0 Å². The molecule has 1 aliphatic heterocycles. The molecule has 5 heteroatoms. The highest BCUT2D eigenvalue weighted by Gasteiger charge is 2.25. The molecule has 1 aromatic rings. The Labute approximate surface area is 114 Å². The van der Waals surface area contributed by atoms with Gasteiger partial charge in [0.2, 0.25) is 0 Å². The van der Waals surface area contributed by atoms with E-state index in [1.165, 1.54) is 12.5 Å². The zero-order valence-electron chi connectivity index (χ0n) is 11.5. The highest BCUT2D eigenvalue weighted by molar-refractivity contribution is 6.58. The Bertz CT molecular complexity index is 439. The first-order chi connectivity index (χ1) is 8.97. The molecule has 1 heterocycles. The molecule has 2 N–H and O–H groups in total. The van der Waals surface area contributed by atoms with Gasteiger partial charge >= 0.3 is 7.12 Å². The van der Waals surface area contributed by atoms with Gasteiger partial charge in [-0.3, -0.25) is 4.90 Å². The fourth-order valence-corrected chi connectivity index (χ4v) is 2.64. The van der Waals surface area contributed by atoms with Gasteiger partial charge in [0, 0.05) is 18.7 Å². The molecule has 0 radical (unpaired) electrons. The highest BCUT2D eigenvalue weighted by atomic mass is 19.1. The van der Waals surface area contributed by atoms with Crippen LogP contribution in [0.25, 0.3) is 0 Å². The lowest BCUT2D eigenvalue weighted by atomic mass is 9.80. The molecule has 0 saturated carbocycles. The largest absolute Gasteiger partial charge is 0.488 e. The van der Waals surface area contributed by atoms with Crippen LogP contribution in [-0.4, -0.2) is 35.2 Å². The number of halogens is 1. The fourth-order valence-electron chi connectivity index (χ4n) is 2.64. The summed E-state index contributed by atoms with van der Waals surface area (Å²) in [5.74, 6) is 1.00. The Kier molecular flexibility index (Phi) is 4.60. The van der Waals surface area contributed by atoms with E-state index in [4.69, 9.17) is 10.0 Å². The van der Waals surface area contributed by atoms with Gasteiger partial charge < -0.3 is 10.0 Å². The molecular weight excluding hydrogens is 244 g/mol. The summed E-state index contributed by atoms with van der Waals surface area (Å²) in [6.45, 7) is 7.07. The van der Waals surface area contributed by atoms with Gasteiger partial charge in [-0.2, -0.15) is 0 Å². The van der Waals surface area contributed by atoms with Gasteiger partial charge in [-0.05, 0) is 36.3 Å². The third-order valence-corrected chi connectivity index (χ3v) is 4.02. The first-order valence-electron chi connectivity index (χ1n) is 6.84. The second-order valence-corrected chi connectivity index (χ2v) is 5.75. The number of rotatable bonds is 4. The van der Waals surface area contributed by atoms with Crippen molar-refractivity contribution in [3.63, 3.8) is 0 Å². The van der Waals surface area contributed by atoms with E-state index in [2.05, 4.69) is 18.7 Å². The first kappa shape index (κ1) is 14.5. The molecule has 2 rings (SSSR count). The van der Waals surface area contributed by atoms with E-state index in [0.717, 1.165) is 13.1 Å². The zero-order chi connectivity index (χ0) is 14.0. The lowest BCUT2D eigenvalue weighted by Crippen LogP contribution is -2.30. The summed E-state index contributed by atoms with van der Waals surface area (Å²) in [4.78, 5) is 2.26. The summed E-state index contributed by atoms with van der Waals surface area (Å²) in [6.07, 6.45) is 1.17. The Morgan fingerprint density at radius 3 is 2.68 bits per heavy atom. The molecule has 1 saturated heterocycles. The summed E-state index contributed by atoms with van der Waals surface area (Å²) in [5.41, 5.74) is 0.816. The van der Waals surface area contributed by atoms with E-state index in [-0.39, 0.29) is 11.3 Å². The molecule has 1 aromatic carbocycles. The topological polar surface area (TPSA) is 43.7 Å². The van der Waals surface area contributed by atoms with Crippen molar-refractivity contribution in [1.82, 2.24) is 4.90 Å². The van der Waals surface area contributed by atoms with Crippen LogP contribution < -0.4 is 5.46 Å². The van der Waals surface area contributed by atoms with Crippen LogP contribution in [0.3, 0.4) is 0 Å². The highest BCUT2D eigenvalue weighted by Crippen LogP contribution is 2.25. The van der Waals surface area contributed by atoms with E-state index in [1.54, 1.807) is 12.1 Å². The summed E-state index contributed by atoms with van der Waals surface area (Å²) in [7, 11) is -1.61. The first-order valence-corrected chi connectivity index (χ1v) is 6.84. The number of nitrogens with zero attached hydrogens (tertiary/aromatic N) is 1. The van der Waals surface area contributed by atoms with Crippen LogP contribution in [0.15, 0.2) is 18.2 Å². The maximum Gasteiger partial charge on any atom is 0.488 e. The molecule has 0 spiro atoms. The predicted octanol–water partition coefficient (Wildman–Crippen LogP) is 0.983. The molecule has 3 nitrogen and oxygen atoms in total. The average molecular weight is 265 g/mol. The SMILES string of the molecule is CC(C)C1CCN(Cc2ccc(B(O)O)cc2F)C1. The average Bonchev–Trinajstić information content (AvgIpc) is 2.80. The van der Waals surface area contributed by atoms with Crippen molar-refractivity contribution in [3.05, 3.63) is 29.6 Å². The summed E-state index contributed by atoms with van der Waals surface area (Å²) >= 11 is 0. The third kappa shape index (κ3) is 3.56. The third-order valence-electron chi connectivity index (χ3n) is 4.02. The van der Waals surface area contributed by atoms with Gasteiger partial charge in [-0.25, -0.2) is 4.39 Å². The minimum absolute atomic E-state index is 0.197. The van der Waals surface area contributed by atoms with Crippen molar-refractivity contribution in [2.45, 2.75) is 26.8 Å². The molecular formula is C14H21BFNO2. The number of likely N-dealkylation sites (tertiary alicyclic amines) is 1. The summed E-state index contributed by atoms with van der Waals surface area (Å²) in [5, 5.41) is 18.0. The minimum Gasteiger partial charge on any atom is -0.423 e. The van der Waals surface area contributed by atoms with Crippen molar-refractivity contribution < 1.29 is 14.4 Å². The van der Waals surface area contributed by atoms with Gasteiger partial charge in [0.15, 0.2) is 0 Å². The van der Waals surface area contributed by atoms with Crippen LogP contribution in [-0.2, 0) is 6.54 Å². The van der Waals surface area contributed by atoms with E-state index < -0.39 is 7.12 Å². The van der Waals surface area contributed by atoms with Gasteiger partial charge in [0.05, 0.1) is 0 Å². The monoisotopic (exact) mass is 265 g/mol. The fraction of sp³-hybridized carbons (Fsp3) is 0.571. The van der Waals surface area contributed by atoms with Gasteiger partial charge in [0.25, 0.3) is 0 Å². The molecule has 1 atom stereocenters. The summed E-state index contributed by atoms with van der Waals surface area (Å²) < 4.78 is 13.9. The molecule has 1 fully saturated rings. The van der Waals surface area contributed by atoms with E-state index in [1.807, 2.05) is 0 Å².